The van der Waals surface area contributed by atoms with Gasteiger partial charge in [-0.1, -0.05) is 0 Å². The van der Waals surface area contributed by atoms with Gasteiger partial charge >= 0.3 is 0 Å². The molecule has 0 radical (unpaired) electrons. The Kier molecular flexibility index (Phi) is 7.93. The molecule has 0 aromatic heterocycles. The molecule has 8 heteroatoms. The van der Waals surface area contributed by atoms with Crippen LogP contribution in [0.2, 0.25) is 0 Å². The van der Waals surface area contributed by atoms with Crippen molar-refractivity contribution in [1.82, 2.24) is 10.6 Å². The van der Waals surface area contributed by atoms with Crippen molar-refractivity contribution in [2.75, 3.05) is 12.8 Å². The van der Waals surface area contributed by atoms with Crippen molar-refractivity contribution in [3.05, 3.63) is 24.1 Å². The van der Waals surface area contributed by atoms with Crippen molar-refractivity contribution in [3.8, 4) is 0 Å². The van der Waals surface area contributed by atoms with Gasteiger partial charge in [-0.2, -0.15) is 8.78 Å². The predicted octanol–water partition coefficient (Wildman–Crippen LogP) is 1.56. The summed E-state index contributed by atoms with van der Waals surface area (Å²) in [5.74, 6) is -2.35. The highest BCUT2D eigenvalue weighted by Crippen LogP contribution is 2.13. The molecule has 0 rings (SSSR count). The van der Waals surface area contributed by atoms with Crippen LogP contribution in [-0.2, 0) is 9.59 Å². The SMILES string of the molecule is CNC(=O)/C=C(\F)CSC(C)NC(=O)C=C(F)F. The molecular formula is C10H13F3N2O2S. The van der Waals surface area contributed by atoms with Gasteiger partial charge in [-0.3, -0.25) is 9.59 Å². The van der Waals surface area contributed by atoms with Gasteiger partial charge in [0, 0.05) is 18.9 Å². The number of carbonyl (C=O) groups is 2. The van der Waals surface area contributed by atoms with E-state index < -0.39 is 29.1 Å². The van der Waals surface area contributed by atoms with Gasteiger partial charge in [-0.05, 0) is 6.92 Å². The monoisotopic (exact) mass is 282 g/mol. The molecule has 102 valence electrons. The molecular weight excluding hydrogens is 269 g/mol. The summed E-state index contributed by atoms with van der Waals surface area (Å²) in [4.78, 5) is 21.6. The van der Waals surface area contributed by atoms with E-state index >= 15 is 0 Å². The molecule has 0 heterocycles. The molecule has 2 amide bonds. The zero-order chi connectivity index (χ0) is 14.1. The molecule has 1 atom stereocenters. The molecule has 2 N–H and O–H groups in total. The van der Waals surface area contributed by atoms with Gasteiger partial charge in [0.25, 0.3) is 6.08 Å². The molecule has 4 nitrogen and oxygen atoms in total. The Labute approximate surface area is 107 Å². The second kappa shape index (κ2) is 8.62. The first-order chi connectivity index (χ1) is 8.35. The smallest absolute Gasteiger partial charge is 0.275 e. The number of hydrogen-bond donors (Lipinski definition) is 2. The molecule has 18 heavy (non-hydrogen) atoms. The number of likely N-dealkylation sites (N-methyl/N-ethyl adjacent to an activating group) is 1. The molecule has 0 aliphatic rings. The average Bonchev–Trinajstić information content (AvgIpc) is 2.24. The van der Waals surface area contributed by atoms with E-state index in [2.05, 4.69) is 10.6 Å². The van der Waals surface area contributed by atoms with E-state index in [-0.39, 0.29) is 11.8 Å². The van der Waals surface area contributed by atoms with Crippen molar-refractivity contribution in [3.63, 3.8) is 0 Å². The van der Waals surface area contributed by atoms with Crippen molar-refractivity contribution in [2.45, 2.75) is 12.3 Å². The van der Waals surface area contributed by atoms with Gasteiger partial charge < -0.3 is 10.6 Å². The summed E-state index contributed by atoms with van der Waals surface area (Å²) in [5.41, 5.74) is 0. The average molecular weight is 282 g/mol. The fourth-order valence-electron chi connectivity index (χ4n) is 0.843. The Morgan fingerprint density at radius 3 is 2.33 bits per heavy atom. The van der Waals surface area contributed by atoms with Crippen molar-refractivity contribution in [2.24, 2.45) is 0 Å². The number of carbonyl (C=O) groups excluding carboxylic acids is 2. The zero-order valence-corrected chi connectivity index (χ0v) is 10.6. The number of amides is 2. The normalized spacial score (nSPS) is 12.6. The van der Waals surface area contributed by atoms with Gasteiger partial charge in [0.05, 0.1) is 11.4 Å². The minimum atomic E-state index is -2.10. The van der Waals surface area contributed by atoms with Crippen LogP contribution in [0.3, 0.4) is 0 Å². The quantitative estimate of drug-likeness (QED) is 0.574. The zero-order valence-electron chi connectivity index (χ0n) is 9.80. The Bertz CT molecular complexity index is 368. The molecule has 0 aliphatic carbocycles. The van der Waals surface area contributed by atoms with Gasteiger partial charge in [-0.15, -0.1) is 11.8 Å². The van der Waals surface area contributed by atoms with E-state index in [1.807, 2.05) is 0 Å². The maximum Gasteiger partial charge on any atom is 0.275 e. The molecule has 0 fully saturated rings. The predicted molar refractivity (Wildman–Crippen MR) is 63.6 cm³/mol. The second-order valence-corrected chi connectivity index (χ2v) is 4.43. The lowest BCUT2D eigenvalue weighted by atomic mass is 10.5. The van der Waals surface area contributed by atoms with E-state index in [0.717, 1.165) is 17.8 Å². The third-order valence-electron chi connectivity index (χ3n) is 1.59. The van der Waals surface area contributed by atoms with Gasteiger partial charge in [-0.25, -0.2) is 4.39 Å². The van der Waals surface area contributed by atoms with Crippen molar-refractivity contribution < 1.29 is 22.8 Å². The summed E-state index contributed by atoms with van der Waals surface area (Å²) < 4.78 is 36.5. The van der Waals surface area contributed by atoms with Gasteiger partial charge in [0.15, 0.2) is 0 Å². The van der Waals surface area contributed by atoms with Crippen LogP contribution >= 0.6 is 11.8 Å². The number of rotatable bonds is 6. The Morgan fingerprint density at radius 2 is 1.83 bits per heavy atom. The fourth-order valence-corrected chi connectivity index (χ4v) is 1.54. The third-order valence-corrected chi connectivity index (χ3v) is 2.65. The molecule has 1 unspecified atom stereocenters. The summed E-state index contributed by atoms with van der Waals surface area (Å²) in [7, 11) is 1.36. The van der Waals surface area contributed by atoms with Crippen LogP contribution in [-0.4, -0.2) is 30.0 Å². The molecule has 0 aromatic carbocycles. The van der Waals surface area contributed by atoms with Crippen LogP contribution in [0.5, 0.6) is 0 Å². The standard InChI is InChI=1S/C10H13F3N2O2S/c1-6(15-10(17)4-8(12)13)18-5-7(11)3-9(16)14-2/h3-4,6H,5H2,1-2H3,(H,14,16)(H,15,17)/b7-3-. The first-order valence-electron chi connectivity index (χ1n) is 4.87. The highest BCUT2D eigenvalue weighted by molar-refractivity contribution is 8.00. The maximum atomic E-state index is 13.1. The fraction of sp³-hybridized carbons (Fsp3) is 0.400. The summed E-state index contributed by atoms with van der Waals surface area (Å²) in [6, 6.07) is 0. The van der Waals surface area contributed by atoms with Crippen LogP contribution in [0.25, 0.3) is 0 Å². The van der Waals surface area contributed by atoms with E-state index in [1.165, 1.54) is 14.0 Å². The second-order valence-electron chi connectivity index (χ2n) is 3.10. The van der Waals surface area contributed by atoms with Crippen LogP contribution in [0.15, 0.2) is 24.1 Å². The molecule has 0 aliphatic heterocycles. The number of halogens is 3. The van der Waals surface area contributed by atoms with E-state index in [0.29, 0.717) is 0 Å². The summed E-state index contributed by atoms with van der Waals surface area (Å²) >= 11 is 0.963. The van der Waals surface area contributed by atoms with Gasteiger partial charge in [0.2, 0.25) is 11.8 Å². The Balaban J connectivity index is 4.08. The Morgan fingerprint density at radius 1 is 1.22 bits per heavy atom. The molecule has 0 bridgehead atoms. The van der Waals surface area contributed by atoms with Gasteiger partial charge in [0.1, 0.15) is 5.83 Å². The molecule has 0 saturated carbocycles. The lowest BCUT2D eigenvalue weighted by Crippen LogP contribution is -2.29. The highest BCUT2D eigenvalue weighted by atomic mass is 32.2. The first kappa shape index (κ1) is 16.6. The minimum absolute atomic E-state index is 0.142. The van der Waals surface area contributed by atoms with Crippen LogP contribution in [0.4, 0.5) is 13.2 Å². The molecule has 0 saturated heterocycles. The highest BCUT2D eigenvalue weighted by Gasteiger charge is 2.08. The van der Waals surface area contributed by atoms with Crippen molar-refractivity contribution in [1.29, 1.82) is 0 Å². The maximum absolute atomic E-state index is 13.1. The van der Waals surface area contributed by atoms with Crippen LogP contribution < -0.4 is 10.6 Å². The lowest BCUT2D eigenvalue weighted by Gasteiger charge is -2.10. The van der Waals surface area contributed by atoms with E-state index in [9.17, 15) is 22.8 Å². The van der Waals surface area contributed by atoms with Crippen LogP contribution in [0.1, 0.15) is 6.92 Å². The summed E-state index contributed by atoms with van der Waals surface area (Å²) in [6.07, 6.45) is -1.17. The number of thioether (sulfide) groups is 1. The molecule has 0 aromatic rings. The van der Waals surface area contributed by atoms with E-state index in [4.69, 9.17) is 0 Å². The Hall–Kier alpha value is -1.44. The lowest BCUT2D eigenvalue weighted by molar-refractivity contribution is -0.117. The first-order valence-corrected chi connectivity index (χ1v) is 5.92. The summed E-state index contributed by atoms with van der Waals surface area (Å²) in [5, 5.41) is 3.86. The third kappa shape index (κ3) is 8.68. The minimum Gasteiger partial charge on any atom is -0.356 e. The molecule has 0 spiro atoms. The summed E-state index contributed by atoms with van der Waals surface area (Å²) in [6.45, 7) is 1.51. The number of nitrogens with one attached hydrogen (secondary N) is 2. The largest absolute Gasteiger partial charge is 0.356 e. The van der Waals surface area contributed by atoms with Crippen molar-refractivity contribution >= 4 is 23.6 Å². The van der Waals surface area contributed by atoms with Crippen LogP contribution in [0, 0.1) is 0 Å². The number of hydrogen-bond acceptors (Lipinski definition) is 3. The topological polar surface area (TPSA) is 58.2 Å². The van der Waals surface area contributed by atoms with E-state index in [1.54, 1.807) is 0 Å².